The lowest BCUT2D eigenvalue weighted by molar-refractivity contribution is 0.0939. The first-order valence-electron chi connectivity index (χ1n) is 8.88. The molecule has 0 bridgehead atoms. The highest BCUT2D eigenvalue weighted by Gasteiger charge is 2.22. The Hall–Kier alpha value is -2.71. The fraction of sp³-hybridized carbons (Fsp3) is 0.300. The Labute approximate surface area is 171 Å². The van der Waals surface area contributed by atoms with E-state index in [1.54, 1.807) is 20.8 Å². The lowest BCUT2D eigenvalue weighted by Gasteiger charge is -2.19. The lowest BCUT2D eigenvalue weighted by atomic mass is 10.1. The van der Waals surface area contributed by atoms with Gasteiger partial charge in [-0.15, -0.1) is 0 Å². The van der Waals surface area contributed by atoms with Gasteiger partial charge < -0.3 is 15.8 Å². The molecular formula is C20H21ClF2N4O2. The summed E-state index contributed by atoms with van der Waals surface area (Å²) in [7, 11) is 0. The van der Waals surface area contributed by atoms with Gasteiger partial charge in [0.05, 0.1) is 16.3 Å². The van der Waals surface area contributed by atoms with Gasteiger partial charge in [0.1, 0.15) is 23.9 Å². The third-order valence-corrected chi connectivity index (χ3v) is 4.39. The monoisotopic (exact) mass is 422 g/mol. The van der Waals surface area contributed by atoms with Gasteiger partial charge >= 0.3 is 0 Å². The smallest absolute Gasteiger partial charge is 0.270 e. The van der Waals surface area contributed by atoms with E-state index in [0.717, 1.165) is 12.1 Å². The Balaban J connectivity index is 1.95. The maximum Gasteiger partial charge on any atom is 0.270 e. The van der Waals surface area contributed by atoms with Gasteiger partial charge in [0.25, 0.3) is 5.91 Å². The summed E-state index contributed by atoms with van der Waals surface area (Å²) in [5, 5.41) is 3.03. The molecule has 3 rings (SSSR count). The van der Waals surface area contributed by atoms with Gasteiger partial charge in [-0.25, -0.2) is 13.8 Å². The molecule has 3 N–H and O–H groups in total. The van der Waals surface area contributed by atoms with E-state index >= 15 is 0 Å². The van der Waals surface area contributed by atoms with Gasteiger partial charge in [-0.05, 0) is 32.9 Å². The van der Waals surface area contributed by atoms with Crippen LogP contribution in [0.15, 0.2) is 30.5 Å². The van der Waals surface area contributed by atoms with E-state index < -0.39 is 17.2 Å². The summed E-state index contributed by atoms with van der Waals surface area (Å²) in [5.74, 6) is -1.61. The number of aryl methyl sites for hydroxylation is 1. The molecule has 0 saturated heterocycles. The first-order chi connectivity index (χ1) is 13.6. The Morgan fingerprint density at radius 2 is 2.00 bits per heavy atom. The van der Waals surface area contributed by atoms with Gasteiger partial charge in [-0.2, -0.15) is 0 Å². The van der Waals surface area contributed by atoms with E-state index in [-0.39, 0.29) is 41.1 Å². The average molecular weight is 423 g/mol. The van der Waals surface area contributed by atoms with Gasteiger partial charge in [0.15, 0.2) is 11.4 Å². The third kappa shape index (κ3) is 4.65. The minimum atomic E-state index is -0.716. The zero-order chi connectivity index (χ0) is 21.3. The van der Waals surface area contributed by atoms with Crippen LogP contribution in [-0.4, -0.2) is 27.4 Å². The molecule has 1 amide bonds. The molecule has 29 heavy (non-hydrogen) atoms. The predicted molar refractivity (Wildman–Crippen MR) is 106 cm³/mol. The molecule has 2 aromatic heterocycles. The van der Waals surface area contributed by atoms with E-state index in [9.17, 15) is 13.6 Å². The highest BCUT2D eigenvalue weighted by atomic mass is 35.5. The fourth-order valence-electron chi connectivity index (χ4n) is 2.79. The van der Waals surface area contributed by atoms with Crippen molar-refractivity contribution < 1.29 is 18.3 Å². The van der Waals surface area contributed by atoms with Crippen LogP contribution in [0.5, 0.6) is 5.75 Å². The van der Waals surface area contributed by atoms with Crippen LogP contribution in [-0.2, 0) is 6.61 Å². The summed E-state index contributed by atoms with van der Waals surface area (Å²) in [6.45, 7) is 5.15. The highest BCUT2D eigenvalue weighted by molar-refractivity contribution is 6.30. The van der Waals surface area contributed by atoms with Crippen LogP contribution in [0.3, 0.4) is 0 Å². The van der Waals surface area contributed by atoms with Crippen molar-refractivity contribution >= 4 is 23.2 Å². The van der Waals surface area contributed by atoms with Crippen molar-refractivity contribution in [3.8, 4) is 5.75 Å². The summed E-state index contributed by atoms with van der Waals surface area (Å²) in [6.07, 6.45) is 1.52. The minimum absolute atomic E-state index is 0.196. The number of carbonyl (C=O) groups excluding carboxylic acids is 1. The predicted octanol–water partition coefficient (Wildman–Crippen LogP) is 3.62. The number of nitrogens with zero attached hydrogens (tertiary/aromatic N) is 2. The van der Waals surface area contributed by atoms with Crippen LogP contribution < -0.4 is 15.8 Å². The summed E-state index contributed by atoms with van der Waals surface area (Å²) in [6, 6.07) is 5.05. The molecule has 0 aliphatic rings. The number of pyridine rings is 1. The SMILES string of the molecule is Cc1nc2c(OCc3c(F)cccc3F)cc(Cl)cn2c1C(=O)NCC(C)(C)N. The standard InChI is InChI=1S/C20H21ClF2N4O2/c1-11-17(19(28)25-10-20(2,3)24)27-8-12(21)7-16(18(27)26-11)29-9-13-14(22)5-4-6-15(13)23/h4-8H,9-10,24H2,1-3H3,(H,25,28). The fourth-order valence-corrected chi connectivity index (χ4v) is 2.98. The molecule has 154 valence electrons. The van der Waals surface area contributed by atoms with Crippen LogP contribution in [0.25, 0.3) is 5.65 Å². The van der Waals surface area contributed by atoms with Crippen molar-refractivity contribution in [2.75, 3.05) is 6.54 Å². The van der Waals surface area contributed by atoms with Crippen LogP contribution in [0.4, 0.5) is 8.78 Å². The molecule has 6 nitrogen and oxygen atoms in total. The Morgan fingerprint density at radius 3 is 2.62 bits per heavy atom. The van der Waals surface area contributed by atoms with Crippen LogP contribution >= 0.6 is 11.6 Å². The first kappa shape index (κ1) is 21.0. The zero-order valence-electron chi connectivity index (χ0n) is 16.2. The van der Waals surface area contributed by atoms with Crippen molar-refractivity contribution in [1.29, 1.82) is 0 Å². The summed E-state index contributed by atoms with van der Waals surface area (Å²) in [4.78, 5) is 17.0. The van der Waals surface area contributed by atoms with Gasteiger partial charge in [0, 0.05) is 24.3 Å². The number of imidazole rings is 1. The number of rotatable bonds is 6. The molecule has 1 aromatic carbocycles. The molecule has 0 radical (unpaired) electrons. The number of hydrogen-bond donors (Lipinski definition) is 2. The summed E-state index contributed by atoms with van der Waals surface area (Å²) >= 11 is 6.18. The molecule has 9 heteroatoms. The van der Waals surface area contributed by atoms with Gasteiger partial charge in [-0.3, -0.25) is 9.20 Å². The number of nitrogens with one attached hydrogen (secondary N) is 1. The number of benzene rings is 1. The van der Waals surface area contributed by atoms with E-state index in [4.69, 9.17) is 22.1 Å². The summed E-state index contributed by atoms with van der Waals surface area (Å²) in [5.41, 5.74) is 6.15. The summed E-state index contributed by atoms with van der Waals surface area (Å²) < 4.78 is 34.8. The number of amides is 1. The number of hydrogen-bond acceptors (Lipinski definition) is 4. The number of halogens is 3. The van der Waals surface area contributed by atoms with Gasteiger partial charge in [0.2, 0.25) is 0 Å². The molecule has 0 saturated carbocycles. The number of ether oxygens (including phenoxy) is 1. The molecule has 0 aliphatic carbocycles. The maximum atomic E-state index is 13.9. The Kier molecular flexibility index (Phi) is 5.77. The molecule has 0 atom stereocenters. The molecule has 0 spiro atoms. The average Bonchev–Trinajstić information content (AvgIpc) is 2.94. The molecule has 2 heterocycles. The molecule has 0 fully saturated rings. The molecular weight excluding hydrogens is 402 g/mol. The third-order valence-electron chi connectivity index (χ3n) is 4.18. The van der Waals surface area contributed by atoms with E-state index in [2.05, 4.69) is 10.3 Å². The number of aromatic nitrogens is 2. The number of fused-ring (bicyclic) bond motifs is 1. The lowest BCUT2D eigenvalue weighted by Crippen LogP contribution is -2.45. The molecule has 0 unspecified atom stereocenters. The second-order valence-corrected chi connectivity index (χ2v) is 7.86. The Morgan fingerprint density at radius 1 is 1.34 bits per heavy atom. The molecule has 0 aliphatic heterocycles. The zero-order valence-corrected chi connectivity index (χ0v) is 17.0. The van der Waals surface area contributed by atoms with Gasteiger partial charge in [-0.1, -0.05) is 17.7 Å². The van der Waals surface area contributed by atoms with E-state index in [0.29, 0.717) is 11.3 Å². The van der Waals surface area contributed by atoms with Crippen LogP contribution in [0.1, 0.15) is 35.6 Å². The van der Waals surface area contributed by atoms with Crippen molar-refractivity contribution in [3.05, 3.63) is 64.1 Å². The Bertz CT molecular complexity index is 1060. The quantitative estimate of drug-likeness (QED) is 0.635. The van der Waals surface area contributed by atoms with Crippen LogP contribution in [0, 0.1) is 18.6 Å². The van der Waals surface area contributed by atoms with Crippen molar-refractivity contribution in [2.24, 2.45) is 5.73 Å². The maximum absolute atomic E-state index is 13.9. The van der Waals surface area contributed by atoms with Crippen LogP contribution in [0.2, 0.25) is 5.02 Å². The minimum Gasteiger partial charge on any atom is -0.485 e. The van der Waals surface area contributed by atoms with Crippen molar-refractivity contribution in [2.45, 2.75) is 32.9 Å². The normalized spacial score (nSPS) is 11.7. The van der Waals surface area contributed by atoms with Crippen molar-refractivity contribution in [3.63, 3.8) is 0 Å². The van der Waals surface area contributed by atoms with Crippen molar-refractivity contribution in [1.82, 2.24) is 14.7 Å². The van der Waals surface area contributed by atoms with E-state index in [1.165, 1.54) is 22.7 Å². The largest absolute Gasteiger partial charge is 0.485 e. The second kappa shape index (κ2) is 7.96. The number of carbonyl (C=O) groups is 1. The highest BCUT2D eigenvalue weighted by Crippen LogP contribution is 2.28. The second-order valence-electron chi connectivity index (χ2n) is 7.42. The molecule has 3 aromatic rings. The topological polar surface area (TPSA) is 81.7 Å². The number of nitrogens with two attached hydrogens (primary N) is 1. The van der Waals surface area contributed by atoms with E-state index in [1.807, 2.05) is 0 Å². The first-order valence-corrected chi connectivity index (χ1v) is 9.25.